The Morgan fingerprint density at radius 2 is 1.73 bits per heavy atom. The number of nitrogens with zero attached hydrogens (tertiary/aromatic N) is 1. The van der Waals surface area contributed by atoms with Crippen molar-refractivity contribution in [1.29, 1.82) is 0 Å². The van der Waals surface area contributed by atoms with Crippen LogP contribution in [-0.2, 0) is 30.3 Å². The molecule has 4 amide bonds. The first-order valence-corrected chi connectivity index (χ1v) is 23.5. The predicted octanol–water partition coefficient (Wildman–Crippen LogP) is 5.77. The number of aromatic hydroxyl groups is 1. The van der Waals surface area contributed by atoms with E-state index in [1.165, 1.54) is 64.7 Å². The minimum atomic E-state index is -1.30. The van der Waals surface area contributed by atoms with E-state index in [-0.39, 0.29) is 76.5 Å². The first kappa shape index (κ1) is 48.2. The van der Waals surface area contributed by atoms with Gasteiger partial charge in [0.05, 0.1) is 30.1 Å². The van der Waals surface area contributed by atoms with E-state index in [2.05, 4.69) is 27.3 Å². The molecule has 352 valence electrons. The van der Waals surface area contributed by atoms with Crippen LogP contribution in [0.25, 0.3) is 33.4 Å². The smallest absolute Gasteiger partial charge is 0.336 e. The monoisotopic (exact) mass is 933 g/mol. The van der Waals surface area contributed by atoms with Gasteiger partial charge in [0, 0.05) is 46.5 Å². The molecule has 3 aromatic carbocycles. The predicted molar refractivity (Wildman–Crippen MR) is 253 cm³/mol. The van der Waals surface area contributed by atoms with Gasteiger partial charge in [-0.15, -0.1) is 11.8 Å². The summed E-state index contributed by atoms with van der Waals surface area (Å²) in [7, 11) is 0. The third-order valence-electron chi connectivity index (χ3n) is 11.8. The first-order valence-electron chi connectivity index (χ1n) is 22.3. The third-order valence-corrected chi connectivity index (χ3v) is 12.8. The number of hydrogen-bond donors (Lipinski definition) is 6. The van der Waals surface area contributed by atoms with Crippen LogP contribution < -0.4 is 26.7 Å². The van der Waals surface area contributed by atoms with Crippen LogP contribution in [0.15, 0.2) is 88.1 Å². The Morgan fingerprint density at radius 3 is 2.51 bits per heavy atom. The van der Waals surface area contributed by atoms with Gasteiger partial charge in [0.1, 0.15) is 34.8 Å². The molecule has 2 heterocycles. The fourth-order valence-electron chi connectivity index (χ4n) is 8.52. The normalized spacial score (nSPS) is 16.7. The number of rotatable bonds is 16. The SMILES string of the molecule is CC(NCC(=O)OC(C)(C)C)C(=O)NC(CCCCNC(=O)c1ccc(-c2c3ccc(=O)cc-3oc3cc(O)ccc23)c(C(=O)O)c1)C(=O)N1CSCC1C(=O)NC1CCCc2ccccc21. The van der Waals surface area contributed by atoms with E-state index in [9.17, 15) is 43.8 Å². The van der Waals surface area contributed by atoms with Gasteiger partial charge < -0.3 is 40.2 Å². The molecule has 17 heteroatoms. The zero-order valence-electron chi connectivity index (χ0n) is 37.8. The number of phenols is 1. The Morgan fingerprint density at radius 1 is 0.955 bits per heavy atom. The number of phenolic OH excluding ortho intramolecular Hbond substituents is 1. The number of carbonyl (C=O) groups is 6. The van der Waals surface area contributed by atoms with Crippen LogP contribution in [0.1, 0.15) is 97.7 Å². The molecule has 67 heavy (non-hydrogen) atoms. The lowest BCUT2D eigenvalue weighted by atomic mass is 9.87. The Balaban J connectivity index is 1.02. The number of amides is 4. The van der Waals surface area contributed by atoms with Crippen molar-refractivity contribution < 1.29 is 48.1 Å². The van der Waals surface area contributed by atoms with E-state index in [1.807, 2.05) is 18.2 Å². The van der Waals surface area contributed by atoms with Crippen LogP contribution in [0.4, 0.5) is 0 Å². The summed E-state index contributed by atoms with van der Waals surface area (Å²) < 4.78 is 11.3. The van der Waals surface area contributed by atoms with Gasteiger partial charge in [0.25, 0.3) is 5.91 Å². The maximum atomic E-state index is 14.4. The molecule has 0 bridgehead atoms. The van der Waals surface area contributed by atoms with Gasteiger partial charge in [-0.2, -0.15) is 0 Å². The van der Waals surface area contributed by atoms with Crippen molar-refractivity contribution >= 4 is 58.3 Å². The molecule has 4 atom stereocenters. The quantitative estimate of drug-likeness (QED) is 0.0393. The number of carboxylic acid groups (broad SMARTS) is 1. The van der Waals surface area contributed by atoms with Crippen LogP contribution >= 0.6 is 11.8 Å². The number of nitrogens with one attached hydrogen (secondary N) is 4. The Hall–Kier alpha value is -6.72. The lowest BCUT2D eigenvalue weighted by Crippen LogP contribution is -2.56. The molecule has 7 rings (SSSR count). The molecule has 1 saturated heterocycles. The van der Waals surface area contributed by atoms with Crippen molar-refractivity contribution in [2.24, 2.45) is 0 Å². The number of aromatic carboxylic acids is 1. The van der Waals surface area contributed by atoms with Crippen molar-refractivity contribution in [2.75, 3.05) is 24.7 Å². The highest BCUT2D eigenvalue weighted by Crippen LogP contribution is 2.42. The molecule has 1 fully saturated rings. The van der Waals surface area contributed by atoms with E-state index in [4.69, 9.17) is 9.15 Å². The van der Waals surface area contributed by atoms with Crippen molar-refractivity contribution in [3.05, 3.63) is 111 Å². The lowest BCUT2D eigenvalue weighted by molar-refractivity contribution is -0.153. The molecular weight excluding hydrogens is 879 g/mol. The number of carbonyl (C=O) groups excluding carboxylic acids is 5. The van der Waals surface area contributed by atoms with Crippen LogP contribution in [0, 0.1) is 0 Å². The topological polar surface area (TPSA) is 234 Å². The second kappa shape index (κ2) is 20.8. The highest BCUT2D eigenvalue weighted by atomic mass is 32.2. The zero-order valence-corrected chi connectivity index (χ0v) is 38.6. The number of thioether (sulfide) groups is 1. The summed E-state index contributed by atoms with van der Waals surface area (Å²) in [6.07, 6.45) is 3.55. The largest absolute Gasteiger partial charge is 0.508 e. The Labute approximate surface area is 391 Å². The second-order valence-corrected chi connectivity index (χ2v) is 18.9. The minimum absolute atomic E-state index is 0.0793. The van der Waals surface area contributed by atoms with Crippen molar-refractivity contribution in [2.45, 2.75) is 96.0 Å². The molecule has 2 aliphatic carbocycles. The molecule has 3 aromatic rings. The highest BCUT2D eigenvalue weighted by molar-refractivity contribution is 7.99. The van der Waals surface area contributed by atoms with E-state index < -0.39 is 53.4 Å². The summed E-state index contributed by atoms with van der Waals surface area (Å²) >= 11 is 1.45. The summed E-state index contributed by atoms with van der Waals surface area (Å²) in [5.74, 6) is -2.86. The van der Waals surface area contributed by atoms with Crippen LogP contribution in [0.3, 0.4) is 0 Å². The number of carboxylic acids is 1. The van der Waals surface area contributed by atoms with Crippen LogP contribution in [0.5, 0.6) is 5.75 Å². The molecular formula is C50H55N5O11S. The van der Waals surface area contributed by atoms with Gasteiger partial charge in [-0.3, -0.25) is 34.1 Å². The highest BCUT2D eigenvalue weighted by Gasteiger charge is 2.39. The van der Waals surface area contributed by atoms with E-state index >= 15 is 0 Å². The summed E-state index contributed by atoms with van der Waals surface area (Å²) in [6.45, 7) is 6.69. The minimum Gasteiger partial charge on any atom is -0.508 e. The van der Waals surface area contributed by atoms with Crippen molar-refractivity contribution in [3.8, 4) is 28.2 Å². The summed E-state index contributed by atoms with van der Waals surface area (Å²) in [5.41, 5.74) is 2.53. The molecule has 0 spiro atoms. The Kier molecular flexibility index (Phi) is 15.0. The van der Waals surface area contributed by atoms with Crippen LogP contribution in [-0.4, -0.2) is 99.1 Å². The Bertz CT molecular complexity index is 2730. The van der Waals surface area contributed by atoms with Crippen molar-refractivity contribution in [3.63, 3.8) is 0 Å². The summed E-state index contributed by atoms with van der Waals surface area (Å²) in [5, 5.41) is 32.7. The maximum Gasteiger partial charge on any atom is 0.336 e. The summed E-state index contributed by atoms with van der Waals surface area (Å²) in [4.78, 5) is 94.1. The number of benzene rings is 4. The zero-order chi connectivity index (χ0) is 48.0. The lowest BCUT2D eigenvalue weighted by Gasteiger charge is -2.31. The number of unbranched alkanes of at least 4 members (excludes halogenated alkanes) is 1. The number of esters is 1. The van der Waals surface area contributed by atoms with E-state index in [1.54, 1.807) is 39.8 Å². The molecule has 0 saturated carbocycles. The van der Waals surface area contributed by atoms with Gasteiger partial charge in [-0.1, -0.05) is 30.3 Å². The van der Waals surface area contributed by atoms with E-state index in [0.29, 0.717) is 35.1 Å². The first-order chi connectivity index (χ1) is 32.0. The van der Waals surface area contributed by atoms with Gasteiger partial charge in [-0.05, 0) is 119 Å². The van der Waals surface area contributed by atoms with Crippen LogP contribution in [0.2, 0.25) is 0 Å². The van der Waals surface area contributed by atoms with Gasteiger partial charge >= 0.3 is 11.9 Å². The molecule has 4 aliphatic rings. The number of ether oxygens (including phenoxy) is 1. The number of hydrogen-bond acceptors (Lipinski definition) is 12. The third kappa shape index (κ3) is 11.6. The number of fused-ring (bicyclic) bond motifs is 3. The molecule has 16 nitrogen and oxygen atoms in total. The van der Waals surface area contributed by atoms with E-state index in [0.717, 1.165) is 24.8 Å². The average Bonchev–Trinajstić information content (AvgIpc) is 3.79. The fourth-order valence-corrected chi connectivity index (χ4v) is 9.68. The molecule has 6 N–H and O–H groups in total. The maximum absolute atomic E-state index is 14.4. The molecule has 2 aliphatic heterocycles. The standard InChI is InChI=1S/C50H55N5O11S/c1-28(52-25-43(58)66-50(2,3)4)45(59)54-39(48(62)55-27-67-26-40(55)47(61)53-38-14-9-11-29-10-5-6-12-33(29)38)13-7-8-21-51-46(60)30-15-18-34(37(22-30)49(63)64)44-35-19-16-31(56)23-41(35)65-42-24-32(57)17-20-36(42)44/h5-6,10,12,15-20,22-24,28,38-40,52,56H,7-9,11,13-14,21,25-27H2,1-4H3,(H,51,60)(H,53,61)(H,54,59)(H,63,64). The van der Waals surface area contributed by atoms with Gasteiger partial charge in [0.15, 0.2) is 5.43 Å². The van der Waals surface area contributed by atoms with Crippen molar-refractivity contribution in [1.82, 2.24) is 26.2 Å². The molecule has 4 unspecified atom stereocenters. The van der Waals surface area contributed by atoms with Gasteiger partial charge in [-0.25, -0.2) is 4.79 Å². The molecule has 0 radical (unpaired) electrons. The number of aryl methyl sites for hydroxylation is 1. The fraction of sp³-hybridized carbons (Fsp3) is 0.380. The second-order valence-electron chi connectivity index (χ2n) is 17.9. The average molecular weight is 934 g/mol. The molecule has 0 aromatic heterocycles. The van der Waals surface area contributed by atoms with Gasteiger partial charge in [0.2, 0.25) is 17.7 Å². The summed E-state index contributed by atoms with van der Waals surface area (Å²) in [6, 6.07) is 18.0.